The van der Waals surface area contributed by atoms with Crippen LogP contribution in [0.1, 0.15) is 23.7 Å². The molecule has 0 aliphatic carbocycles. The summed E-state index contributed by atoms with van der Waals surface area (Å²) >= 11 is 0. The lowest BCUT2D eigenvalue weighted by molar-refractivity contribution is 0.747. The molecule has 0 saturated carbocycles. The molecule has 0 aromatic carbocycles. The smallest absolute Gasteiger partial charge is 0.148 e. The fourth-order valence-corrected chi connectivity index (χ4v) is 1.93. The van der Waals surface area contributed by atoms with Crippen molar-refractivity contribution < 1.29 is 0 Å². The number of aryl methyl sites for hydroxylation is 3. The summed E-state index contributed by atoms with van der Waals surface area (Å²) in [7, 11) is 1.90. The first-order chi connectivity index (χ1) is 8.63. The highest BCUT2D eigenvalue weighted by Crippen LogP contribution is 2.23. The highest BCUT2D eigenvalue weighted by molar-refractivity contribution is 5.65. The zero-order chi connectivity index (χ0) is 13.1. The van der Waals surface area contributed by atoms with Crippen molar-refractivity contribution in [1.29, 1.82) is 0 Å². The van der Waals surface area contributed by atoms with E-state index < -0.39 is 0 Å². The summed E-state index contributed by atoms with van der Waals surface area (Å²) in [4.78, 5) is 4.13. The molecule has 0 amide bonds. The fraction of sp³-hybridized carbons (Fsp3) is 0.385. The highest BCUT2D eigenvalue weighted by atomic mass is 15.3. The molecule has 0 saturated heterocycles. The van der Waals surface area contributed by atoms with E-state index in [0.717, 1.165) is 29.2 Å². The second-order valence-electron chi connectivity index (χ2n) is 4.34. The molecule has 0 unspecified atom stereocenters. The van der Waals surface area contributed by atoms with Crippen LogP contribution in [0.4, 0.5) is 11.5 Å². The first-order valence-corrected chi connectivity index (χ1v) is 6.08. The molecule has 0 aliphatic rings. The zero-order valence-electron chi connectivity index (χ0n) is 11.1. The molecule has 3 N–H and O–H groups in total. The SMILES string of the molecule is CCc1nn(C)c(NCc2cnccc2C)c1N. The van der Waals surface area contributed by atoms with Crippen LogP contribution >= 0.6 is 0 Å². The van der Waals surface area contributed by atoms with Gasteiger partial charge in [0.05, 0.1) is 11.4 Å². The summed E-state index contributed by atoms with van der Waals surface area (Å²) in [5.41, 5.74) is 10.1. The molecule has 2 aromatic heterocycles. The van der Waals surface area contributed by atoms with E-state index in [1.54, 1.807) is 10.9 Å². The Labute approximate surface area is 107 Å². The maximum absolute atomic E-state index is 6.06. The Kier molecular flexibility index (Phi) is 3.50. The van der Waals surface area contributed by atoms with Crippen LogP contribution in [-0.4, -0.2) is 14.8 Å². The summed E-state index contributed by atoms with van der Waals surface area (Å²) < 4.78 is 1.79. The average Bonchev–Trinajstić information content (AvgIpc) is 2.64. The topological polar surface area (TPSA) is 68.8 Å². The molecule has 5 heteroatoms. The van der Waals surface area contributed by atoms with Crippen LogP contribution in [0.25, 0.3) is 0 Å². The third-order valence-electron chi connectivity index (χ3n) is 3.09. The summed E-state index contributed by atoms with van der Waals surface area (Å²) in [5, 5.41) is 7.71. The van der Waals surface area contributed by atoms with Crippen LogP contribution in [0.2, 0.25) is 0 Å². The molecule has 2 heterocycles. The van der Waals surface area contributed by atoms with Gasteiger partial charge in [-0.25, -0.2) is 0 Å². The van der Waals surface area contributed by atoms with Crippen molar-refractivity contribution >= 4 is 11.5 Å². The summed E-state index contributed by atoms with van der Waals surface area (Å²) in [5.74, 6) is 0.870. The van der Waals surface area contributed by atoms with Gasteiger partial charge in [-0.1, -0.05) is 6.92 Å². The van der Waals surface area contributed by atoms with Crippen molar-refractivity contribution in [3.8, 4) is 0 Å². The average molecular weight is 245 g/mol. The van der Waals surface area contributed by atoms with E-state index in [2.05, 4.69) is 22.3 Å². The van der Waals surface area contributed by atoms with E-state index in [1.807, 2.05) is 26.2 Å². The minimum Gasteiger partial charge on any atom is -0.394 e. The molecular weight excluding hydrogens is 226 g/mol. The maximum atomic E-state index is 6.06. The Bertz CT molecular complexity index is 544. The van der Waals surface area contributed by atoms with Crippen molar-refractivity contribution in [3.63, 3.8) is 0 Å². The predicted molar refractivity (Wildman–Crippen MR) is 73.3 cm³/mol. The monoisotopic (exact) mass is 245 g/mol. The number of hydrogen-bond donors (Lipinski definition) is 2. The molecule has 0 fully saturated rings. The summed E-state index contributed by atoms with van der Waals surface area (Å²) in [6, 6.07) is 2.00. The zero-order valence-corrected chi connectivity index (χ0v) is 11.1. The molecule has 0 radical (unpaired) electrons. The first kappa shape index (κ1) is 12.4. The molecule has 0 aliphatic heterocycles. The van der Waals surface area contributed by atoms with E-state index in [0.29, 0.717) is 6.54 Å². The van der Waals surface area contributed by atoms with Gasteiger partial charge < -0.3 is 11.1 Å². The second kappa shape index (κ2) is 5.08. The Morgan fingerprint density at radius 3 is 2.83 bits per heavy atom. The van der Waals surface area contributed by atoms with Crippen LogP contribution in [0, 0.1) is 6.92 Å². The standard InChI is InChI=1S/C13H19N5/c1-4-11-12(14)13(18(3)17-11)16-8-10-7-15-6-5-9(10)2/h5-7,16H,4,8,14H2,1-3H3. The number of pyridine rings is 1. The van der Waals surface area contributed by atoms with Crippen LogP contribution in [0.5, 0.6) is 0 Å². The molecule has 0 spiro atoms. The molecule has 18 heavy (non-hydrogen) atoms. The third-order valence-corrected chi connectivity index (χ3v) is 3.09. The van der Waals surface area contributed by atoms with Gasteiger partial charge >= 0.3 is 0 Å². The number of nitrogens with two attached hydrogens (primary N) is 1. The van der Waals surface area contributed by atoms with Crippen molar-refractivity contribution in [2.75, 3.05) is 11.1 Å². The lowest BCUT2D eigenvalue weighted by Gasteiger charge is -2.09. The van der Waals surface area contributed by atoms with E-state index in [9.17, 15) is 0 Å². The van der Waals surface area contributed by atoms with Crippen LogP contribution in [-0.2, 0) is 20.0 Å². The van der Waals surface area contributed by atoms with Crippen molar-refractivity contribution in [1.82, 2.24) is 14.8 Å². The fourth-order valence-electron chi connectivity index (χ4n) is 1.93. The number of aromatic nitrogens is 3. The maximum Gasteiger partial charge on any atom is 0.148 e. The van der Waals surface area contributed by atoms with Crippen LogP contribution in [0.15, 0.2) is 18.5 Å². The van der Waals surface area contributed by atoms with Crippen LogP contribution in [0.3, 0.4) is 0 Å². The Morgan fingerprint density at radius 1 is 1.44 bits per heavy atom. The number of rotatable bonds is 4. The van der Waals surface area contributed by atoms with Gasteiger partial charge in [-0.2, -0.15) is 5.10 Å². The van der Waals surface area contributed by atoms with Crippen molar-refractivity contribution in [3.05, 3.63) is 35.3 Å². The number of nitrogens with one attached hydrogen (secondary N) is 1. The molecule has 0 atom stereocenters. The Morgan fingerprint density at radius 2 is 2.22 bits per heavy atom. The van der Waals surface area contributed by atoms with Crippen molar-refractivity contribution in [2.24, 2.45) is 7.05 Å². The minimum absolute atomic E-state index is 0.701. The normalized spacial score (nSPS) is 10.6. The number of nitrogen functional groups attached to an aromatic ring is 1. The van der Waals surface area contributed by atoms with Gasteiger partial charge in [-0.15, -0.1) is 0 Å². The van der Waals surface area contributed by atoms with Gasteiger partial charge in [0.2, 0.25) is 0 Å². The van der Waals surface area contributed by atoms with Gasteiger partial charge in [0.1, 0.15) is 5.82 Å². The molecule has 96 valence electrons. The second-order valence-corrected chi connectivity index (χ2v) is 4.34. The highest BCUT2D eigenvalue weighted by Gasteiger charge is 2.11. The van der Waals surface area contributed by atoms with Gasteiger partial charge in [0.25, 0.3) is 0 Å². The Balaban J connectivity index is 2.16. The molecule has 2 rings (SSSR count). The van der Waals surface area contributed by atoms with Gasteiger partial charge in [0, 0.05) is 26.0 Å². The van der Waals surface area contributed by atoms with E-state index in [-0.39, 0.29) is 0 Å². The van der Waals surface area contributed by atoms with E-state index in [4.69, 9.17) is 5.73 Å². The number of hydrogen-bond acceptors (Lipinski definition) is 4. The van der Waals surface area contributed by atoms with E-state index >= 15 is 0 Å². The number of anilines is 2. The summed E-state index contributed by atoms with van der Waals surface area (Å²) in [6.07, 6.45) is 4.51. The molecule has 5 nitrogen and oxygen atoms in total. The largest absolute Gasteiger partial charge is 0.394 e. The van der Waals surface area contributed by atoms with Gasteiger partial charge in [0.15, 0.2) is 0 Å². The number of nitrogens with zero attached hydrogens (tertiary/aromatic N) is 3. The van der Waals surface area contributed by atoms with E-state index in [1.165, 1.54) is 5.56 Å². The summed E-state index contributed by atoms with van der Waals surface area (Å²) in [6.45, 7) is 4.82. The molecule has 0 bridgehead atoms. The predicted octanol–water partition coefficient (Wildman–Crippen LogP) is 1.88. The third kappa shape index (κ3) is 2.30. The lowest BCUT2D eigenvalue weighted by atomic mass is 10.1. The first-order valence-electron chi connectivity index (χ1n) is 6.08. The van der Waals surface area contributed by atoms with Gasteiger partial charge in [-0.05, 0) is 30.5 Å². The lowest BCUT2D eigenvalue weighted by Crippen LogP contribution is -2.07. The van der Waals surface area contributed by atoms with Gasteiger partial charge in [-0.3, -0.25) is 9.67 Å². The minimum atomic E-state index is 0.701. The quantitative estimate of drug-likeness (QED) is 0.863. The Hall–Kier alpha value is -2.04. The molecular formula is C13H19N5. The van der Waals surface area contributed by atoms with Crippen molar-refractivity contribution in [2.45, 2.75) is 26.8 Å². The molecule has 2 aromatic rings. The van der Waals surface area contributed by atoms with Crippen LogP contribution < -0.4 is 11.1 Å².